The molecular weight excluding hydrogens is 180 g/mol. The molecule has 1 rings (SSSR count). The van der Waals surface area contributed by atoms with Crippen molar-refractivity contribution in [2.45, 2.75) is 27.2 Å². The van der Waals surface area contributed by atoms with Gasteiger partial charge in [-0.15, -0.1) is 0 Å². The smallest absolute Gasteiger partial charge is 0.334 e. The van der Waals surface area contributed by atoms with Gasteiger partial charge >= 0.3 is 5.97 Å². The zero-order chi connectivity index (χ0) is 10.6. The normalized spacial score (nSPS) is 14.8. The van der Waals surface area contributed by atoms with E-state index in [2.05, 4.69) is 20.8 Å². The largest absolute Gasteiger partial charge is 0.494 e. The fourth-order valence-electron chi connectivity index (χ4n) is 1.03. The maximum atomic E-state index is 10.7. The van der Waals surface area contributed by atoms with Gasteiger partial charge in [-0.1, -0.05) is 11.1 Å². The van der Waals surface area contributed by atoms with Crippen LogP contribution >= 0.6 is 0 Å². The zero-order valence-electron chi connectivity index (χ0n) is 8.92. The number of cyclic esters (lactones) is 1. The van der Waals surface area contributed by atoms with E-state index in [4.69, 9.17) is 9.47 Å². The fraction of sp³-hybridized carbons (Fsp3) is 0.545. The highest BCUT2D eigenvalue weighted by Gasteiger charge is 2.13. The molecule has 0 aromatic heterocycles. The number of hydrogen-bond acceptors (Lipinski definition) is 3. The predicted molar refractivity (Wildman–Crippen MR) is 53.7 cm³/mol. The van der Waals surface area contributed by atoms with Gasteiger partial charge in [0.25, 0.3) is 0 Å². The van der Waals surface area contributed by atoms with Gasteiger partial charge < -0.3 is 9.47 Å². The minimum atomic E-state index is -0.307. The van der Waals surface area contributed by atoms with Crippen LogP contribution in [0.25, 0.3) is 0 Å². The van der Waals surface area contributed by atoms with Gasteiger partial charge in [0, 0.05) is 6.42 Å². The van der Waals surface area contributed by atoms with Crippen LogP contribution in [0.1, 0.15) is 27.2 Å². The average molecular weight is 196 g/mol. The summed E-state index contributed by atoms with van der Waals surface area (Å²) in [6.07, 6.45) is 2.30. The number of esters is 1. The second-order valence-electron chi connectivity index (χ2n) is 3.60. The van der Waals surface area contributed by atoms with E-state index >= 15 is 0 Å². The van der Waals surface area contributed by atoms with Crippen molar-refractivity contribution in [1.29, 1.82) is 0 Å². The summed E-state index contributed by atoms with van der Waals surface area (Å²) in [7, 11) is 0. The van der Waals surface area contributed by atoms with E-state index in [9.17, 15) is 4.79 Å². The summed E-state index contributed by atoms with van der Waals surface area (Å²) in [5.74, 6) is 0.329. The van der Waals surface area contributed by atoms with E-state index in [0.29, 0.717) is 12.4 Å². The minimum Gasteiger partial charge on any atom is -0.494 e. The fourth-order valence-corrected chi connectivity index (χ4v) is 1.03. The molecule has 14 heavy (non-hydrogen) atoms. The number of hydrogen-bond donors (Lipinski definition) is 0. The zero-order valence-corrected chi connectivity index (χ0v) is 8.92. The van der Waals surface area contributed by atoms with Gasteiger partial charge in [0.05, 0.1) is 12.7 Å². The average Bonchev–Trinajstić information content (AvgIpc) is 2.51. The Morgan fingerprint density at radius 3 is 2.71 bits per heavy atom. The summed E-state index contributed by atoms with van der Waals surface area (Å²) in [5.41, 5.74) is 2.65. The van der Waals surface area contributed by atoms with E-state index < -0.39 is 0 Å². The first-order chi connectivity index (χ1) is 6.59. The van der Waals surface area contributed by atoms with E-state index in [1.807, 2.05) is 0 Å². The van der Waals surface area contributed by atoms with Crippen molar-refractivity contribution in [3.63, 3.8) is 0 Å². The molecule has 0 amide bonds. The molecule has 0 saturated heterocycles. The molecule has 0 saturated carbocycles. The van der Waals surface area contributed by atoms with E-state index in [1.165, 1.54) is 17.2 Å². The number of carbonyl (C=O) groups is 1. The Morgan fingerprint density at radius 1 is 1.50 bits per heavy atom. The van der Waals surface area contributed by atoms with Gasteiger partial charge in [0.2, 0.25) is 0 Å². The molecule has 1 heterocycles. The molecule has 0 bridgehead atoms. The Kier molecular flexibility index (Phi) is 3.74. The van der Waals surface area contributed by atoms with E-state index in [0.717, 1.165) is 6.42 Å². The molecule has 0 N–H and O–H groups in total. The van der Waals surface area contributed by atoms with Crippen molar-refractivity contribution in [2.24, 2.45) is 0 Å². The molecule has 0 atom stereocenters. The molecule has 0 aromatic rings. The summed E-state index contributed by atoms with van der Waals surface area (Å²) in [4.78, 5) is 10.7. The molecule has 1 aliphatic rings. The summed E-state index contributed by atoms with van der Waals surface area (Å²) in [6, 6.07) is 0. The van der Waals surface area contributed by atoms with Gasteiger partial charge in [0.1, 0.15) is 12.4 Å². The van der Waals surface area contributed by atoms with Crippen molar-refractivity contribution in [1.82, 2.24) is 0 Å². The van der Waals surface area contributed by atoms with E-state index in [-0.39, 0.29) is 12.6 Å². The summed E-state index contributed by atoms with van der Waals surface area (Å²) in [6.45, 7) is 7.14. The van der Waals surface area contributed by atoms with Crippen molar-refractivity contribution in [3.8, 4) is 0 Å². The molecule has 0 aliphatic carbocycles. The Morgan fingerprint density at radius 2 is 2.21 bits per heavy atom. The van der Waals surface area contributed by atoms with Crippen LogP contribution in [0.2, 0.25) is 0 Å². The molecule has 1 aliphatic heterocycles. The van der Waals surface area contributed by atoms with Crippen LogP contribution in [0.4, 0.5) is 0 Å². The molecule has 0 spiro atoms. The highest BCUT2D eigenvalue weighted by Crippen LogP contribution is 2.11. The quantitative estimate of drug-likeness (QED) is 0.510. The maximum absolute atomic E-state index is 10.7. The Bertz CT molecular complexity index is 283. The first kappa shape index (κ1) is 10.8. The second-order valence-corrected chi connectivity index (χ2v) is 3.60. The molecule has 0 aromatic carbocycles. The standard InChI is InChI=1S/C11H16O3/c1-8(2)9(3)4-5-13-10-6-11(12)14-7-10/h6H,4-5,7H2,1-3H3. The second kappa shape index (κ2) is 4.84. The van der Waals surface area contributed by atoms with Gasteiger partial charge in [0.15, 0.2) is 0 Å². The molecule has 0 radical (unpaired) electrons. The highest BCUT2D eigenvalue weighted by atomic mass is 16.6. The lowest BCUT2D eigenvalue weighted by atomic mass is 10.1. The van der Waals surface area contributed by atoms with E-state index in [1.54, 1.807) is 0 Å². The van der Waals surface area contributed by atoms with Gasteiger partial charge in [-0.2, -0.15) is 0 Å². The Balaban J connectivity index is 2.26. The number of ether oxygens (including phenoxy) is 2. The molecule has 78 valence electrons. The Hall–Kier alpha value is -1.25. The summed E-state index contributed by atoms with van der Waals surface area (Å²) in [5, 5.41) is 0. The monoisotopic (exact) mass is 196 g/mol. The Labute approximate surface area is 84.4 Å². The lowest BCUT2D eigenvalue weighted by Crippen LogP contribution is -1.98. The van der Waals surface area contributed by atoms with Gasteiger partial charge in [-0.3, -0.25) is 0 Å². The molecule has 3 heteroatoms. The third-order valence-corrected chi connectivity index (χ3v) is 2.25. The van der Waals surface area contributed by atoms with Crippen LogP contribution in [0, 0.1) is 0 Å². The molecule has 0 unspecified atom stereocenters. The first-order valence-corrected chi connectivity index (χ1v) is 4.72. The summed E-state index contributed by atoms with van der Waals surface area (Å²) >= 11 is 0. The third kappa shape index (κ3) is 3.24. The van der Waals surface area contributed by atoms with Crippen LogP contribution < -0.4 is 0 Å². The first-order valence-electron chi connectivity index (χ1n) is 4.72. The predicted octanol–water partition coefficient (Wildman–Crippen LogP) is 2.19. The van der Waals surface area contributed by atoms with Crippen LogP contribution in [-0.2, 0) is 14.3 Å². The lowest BCUT2D eigenvalue weighted by Gasteiger charge is -2.06. The third-order valence-electron chi connectivity index (χ3n) is 2.25. The molecular formula is C11H16O3. The highest BCUT2D eigenvalue weighted by molar-refractivity contribution is 5.84. The van der Waals surface area contributed by atoms with Crippen molar-refractivity contribution < 1.29 is 14.3 Å². The van der Waals surface area contributed by atoms with Crippen LogP contribution in [0.3, 0.4) is 0 Å². The van der Waals surface area contributed by atoms with Gasteiger partial charge in [-0.25, -0.2) is 4.79 Å². The topological polar surface area (TPSA) is 35.5 Å². The minimum absolute atomic E-state index is 0.284. The SMILES string of the molecule is CC(C)=C(C)CCOC1=CC(=O)OC1. The van der Waals surface area contributed by atoms with Crippen molar-refractivity contribution in [2.75, 3.05) is 13.2 Å². The lowest BCUT2D eigenvalue weighted by molar-refractivity contribution is -0.135. The van der Waals surface area contributed by atoms with Crippen LogP contribution in [0.5, 0.6) is 0 Å². The van der Waals surface area contributed by atoms with Gasteiger partial charge in [-0.05, 0) is 20.8 Å². The summed E-state index contributed by atoms with van der Waals surface area (Å²) < 4.78 is 10.1. The number of rotatable bonds is 4. The van der Waals surface area contributed by atoms with Crippen molar-refractivity contribution >= 4 is 5.97 Å². The number of allylic oxidation sites excluding steroid dienone is 1. The molecule has 0 fully saturated rings. The molecule has 3 nitrogen and oxygen atoms in total. The maximum Gasteiger partial charge on any atom is 0.334 e. The van der Waals surface area contributed by atoms with Crippen LogP contribution in [-0.4, -0.2) is 19.2 Å². The van der Waals surface area contributed by atoms with Crippen molar-refractivity contribution in [3.05, 3.63) is 23.0 Å². The number of carbonyl (C=O) groups excluding carboxylic acids is 1. The van der Waals surface area contributed by atoms with Crippen LogP contribution in [0.15, 0.2) is 23.0 Å².